The lowest BCUT2D eigenvalue weighted by molar-refractivity contribution is 0.727. The van der Waals surface area contributed by atoms with Gasteiger partial charge in [0, 0.05) is 30.7 Å². The van der Waals surface area contributed by atoms with Crippen LogP contribution in [0.2, 0.25) is 5.02 Å². The van der Waals surface area contributed by atoms with Gasteiger partial charge in [-0.2, -0.15) is 0 Å². The Hall–Kier alpha value is -1.59. The Balaban J connectivity index is 2.01. The zero-order valence-corrected chi connectivity index (χ0v) is 14.0. The van der Waals surface area contributed by atoms with E-state index < -0.39 is 0 Å². The number of nitrogens with zero attached hydrogens (tertiary/aromatic N) is 4. The predicted molar refractivity (Wildman–Crippen MR) is 89.0 cm³/mol. The van der Waals surface area contributed by atoms with Crippen molar-refractivity contribution in [3.8, 4) is 0 Å². The summed E-state index contributed by atoms with van der Waals surface area (Å²) in [6, 6.07) is 8.03. The van der Waals surface area contributed by atoms with Crippen LogP contribution < -0.4 is 4.90 Å². The number of anilines is 1. The molecule has 0 spiro atoms. The highest BCUT2D eigenvalue weighted by atomic mass is 79.9. The summed E-state index contributed by atoms with van der Waals surface area (Å²) < 4.78 is 2.73. The Morgan fingerprint density at radius 2 is 2.00 bits per heavy atom. The molecular weight excluding hydrogens is 352 g/mol. The molecule has 2 aromatic heterocycles. The summed E-state index contributed by atoms with van der Waals surface area (Å²) in [5, 5.41) is 0.741. The summed E-state index contributed by atoms with van der Waals surface area (Å²) in [6.07, 6.45) is 5.58. The van der Waals surface area contributed by atoms with Crippen LogP contribution >= 0.6 is 27.5 Å². The highest BCUT2D eigenvalue weighted by Crippen LogP contribution is 2.28. The summed E-state index contributed by atoms with van der Waals surface area (Å²) in [4.78, 5) is 11.1. The third-order valence-corrected chi connectivity index (χ3v) is 4.23. The fourth-order valence-corrected chi connectivity index (χ4v) is 2.78. The van der Waals surface area contributed by atoms with Crippen molar-refractivity contribution in [1.82, 2.24) is 14.4 Å². The van der Waals surface area contributed by atoms with Crippen molar-refractivity contribution < 1.29 is 0 Å². The molecule has 0 bridgehead atoms. The Kier molecular flexibility index (Phi) is 3.87. The molecule has 0 aliphatic heterocycles. The van der Waals surface area contributed by atoms with Gasteiger partial charge in [0.15, 0.2) is 11.5 Å². The lowest BCUT2D eigenvalue weighted by Gasteiger charge is -2.26. The van der Waals surface area contributed by atoms with Crippen LogP contribution in [0.1, 0.15) is 18.5 Å². The van der Waals surface area contributed by atoms with Gasteiger partial charge in [0.05, 0.1) is 6.04 Å². The molecule has 108 valence electrons. The first kappa shape index (κ1) is 14.4. The minimum atomic E-state index is 0.157. The summed E-state index contributed by atoms with van der Waals surface area (Å²) in [7, 11) is 2.02. The molecule has 0 saturated heterocycles. The van der Waals surface area contributed by atoms with Crippen LogP contribution in [0.5, 0.6) is 0 Å². The van der Waals surface area contributed by atoms with Gasteiger partial charge >= 0.3 is 0 Å². The number of fused-ring (bicyclic) bond motifs is 1. The van der Waals surface area contributed by atoms with Gasteiger partial charge in [0.25, 0.3) is 0 Å². The van der Waals surface area contributed by atoms with E-state index in [0.29, 0.717) is 0 Å². The number of benzene rings is 1. The molecule has 1 unspecified atom stereocenters. The standard InChI is InChI=1S/C15H14BrClN4/c1-10(11-3-5-12(17)6-4-11)20(2)15-14-18-7-8-21(14)9-13(16)19-15/h3-10H,1-2H3. The normalized spacial score (nSPS) is 12.6. The van der Waals surface area contributed by atoms with Crippen molar-refractivity contribution >= 4 is 39.0 Å². The maximum absolute atomic E-state index is 5.95. The minimum Gasteiger partial charge on any atom is -0.350 e. The summed E-state index contributed by atoms with van der Waals surface area (Å²) in [5.74, 6) is 0.830. The van der Waals surface area contributed by atoms with Crippen LogP contribution in [0.4, 0.5) is 5.82 Å². The van der Waals surface area contributed by atoms with Crippen LogP contribution in [-0.4, -0.2) is 21.4 Å². The second-order valence-electron chi connectivity index (χ2n) is 4.88. The van der Waals surface area contributed by atoms with Gasteiger partial charge in [-0.1, -0.05) is 23.7 Å². The van der Waals surface area contributed by atoms with E-state index in [1.807, 2.05) is 48.1 Å². The molecule has 2 heterocycles. The van der Waals surface area contributed by atoms with Crippen LogP contribution in [0.25, 0.3) is 5.65 Å². The topological polar surface area (TPSA) is 33.4 Å². The predicted octanol–water partition coefficient (Wildman–Crippen LogP) is 4.34. The average Bonchev–Trinajstić information content (AvgIpc) is 2.93. The van der Waals surface area contributed by atoms with Gasteiger partial charge in [-0.25, -0.2) is 9.97 Å². The van der Waals surface area contributed by atoms with E-state index in [1.165, 1.54) is 5.56 Å². The Bertz CT molecular complexity index is 769. The lowest BCUT2D eigenvalue weighted by atomic mass is 10.1. The van der Waals surface area contributed by atoms with Crippen LogP contribution in [0.15, 0.2) is 47.5 Å². The van der Waals surface area contributed by atoms with Crippen molar-refractivity contribution in [3.63, 3.8) is 0 Å². The number of rotatable bonds is 3. The molecular formula is C15H14BrClN4. The quantitative estimate of drug-likeness (QED) is 0.692. The number of imidazole rings is 1. The van der Waals surface area contributed by atoms with Crippen molar-refractivity contribution in [2.45, 2.75) is 13.0 Å². The Morgan fingerprint density at radius 3 is 2.71 bits per heavy atom. The highest BCUT2D eigenvalue weighted by molar-refractivity contribution is 9.10. The van der Waals surface area contributed by atoms with E-state index in [2.05, 4.69) is 37.7 Å². The molecule has 0 radical (unpaired) electrons. The number of hydrogen-bond donors (Lipinski definition) is 0. The van der Waals surface area contributed by atoms with Crippen molar-refractivity contribution in [2.24, 2.45) is 0 Å². The first-order valence-corrected chi connectivity index (χ1v) is 7.71. The van der Waals surface area contributed by atoms with Crippen LogP contribution in [0.3, 0.4) is 0 Å². The fraction of sp³-hybridized carbons (Fsp3) is 0.200. The molecule has 1 aromatic carbocycles. The van der Waals surface area contributed by atoms with E-state index in [4.69, 9.17) is 11.6 Å². The van der Waals surface area contributed by atoms with Gasteiger partial charge < -0.3 is 9.30 Å². The van der Waals surface area contributed by atoms with Gasteiger partial charge in [-0.3, -0.25) is 0 Å². The molecule has 3 rings (SSSR count). The molecule has 21 heavy (non-hydrogen) atoms. The van der Waals surface area contributed by atoms with E-state index in [-0.39, 0.29) is 6.04 Å². The molecule has 0 saturated carbocycles. The fourth-order valence-electron chi connectivity index (χ4n) is 2.27. The van der Waals surface area contributed by atoms with Gasteiger partial charge in [-0.15, -0.1) is 0 Å². The van der Waals surface area contributed by atoms with E-state index in [9.17, 15) is 0 Å². The molecule has 1 atom stereocenters. The van der Waals surface area contributed by atoms with E-state index >= 15 is 0 Å². The van der Waals surface area contributed by atoms with Gasteiger partial charge in [-0.05, 0) is 40.5 Å². The van der Waals surface area contributed by atoms with E-state index in [1.54, 1.807) is 6.20 Å². The summed E-state index contributed by atoms with van der Waals surface area (Å²) in [6.45, 7) is 2.13. The first-order valence-electron chi connectivity index (χ1n) is 6.54. The third kappa shape index (κ3) is 2.76. The monoisotopic (exact) mass is 364 g/mol. The molecule has 4 nitrogen and oxygen atoms in total. The first-order chi connectivity index (χ1) is 10.1. The number of halogens is 2. The molecule has 0 aliphatic rings. The number of hydrogen-bond acceptors (Lipinski definition) is 3. The van der Waals surface area contributed by atoms with Gasteiger partial charge in [0.1, 0.15) is 4.60 Å². The van der Waals surface area contributed by atoms with Crippen LogP contribution in [0, 0.1) is 0 Å². The maximum atomic E-state index is 5.95. The molecule has 0 aliphatic carbocycles. The summed E-state index contributed by atoms with van der Waals surface area (Å²) in [5.41, 5.74) is 2.01. The lowest BCUT2D eigenvalue weighted by Crippen LogP contribution is -2.23. The zero-order valence-electron chi connectivity index (χ0n) is 11.7. The molecule has 0 fully saturated rings. The highest BCUT2D eigenvalue weighted by Gasteiger charge is 2.17. The maximum Gasteiger partial charge on any atom is 0.180 e. The third-order valence-electron chi connectivity index (χ3n) is 3.59. The average molecular weight is 366 g/mol. The second-order valence-corrected chi connectivity index (χ2v) is 6.13. The van der Waals surface area contributed by atoms with Crippen molar-refractivity contribution in [2.75, 3.05) is 11.9 Å². The Labute approximate surface area is 136 Å². The van der Waals surface area contributed by atoms with Crippen LogP contribution in [-0.2, 0) is 0 Å². The molecule has 0 amide bonds. The van der Waals surface area contributed by atoms with Gasteiger partial charge in [0.2, 0.25) is 0 Å². The molecule has 6 heteroatoms. The largest absolute Gasteiger partial charge is 0.350 e. The SMILES string of the molecule is CC(c1ccc(Cl)cc1)N(C)c1nc(Br)cn2ccnc12. The van der Waals surface area contributed by atoms with E-state index in [0.717, 1.165) is 21.1 Å². The molecule has 3 aromatic rings. The van der Waals surface area contributed by atoms with Crippen molar-refractivity contribution in [3.05, 3.63) is 58.0 Å². The smallest absolute Gasteiger partial charge is 0.180 e. The minimum absolute atomic E-state index is 0.157. The van der Waals surface area contributed by atoms with Crippen molar-refractivity contribution in [1.29, 1.82) is 0 Å². The second kappa shape index (κ2) is 5.66. The molecule has 0 N–H and O–H groups in total. The number of aromatic nitrogens is 3. The zero-order chi connectivity index (χ0) is 15.0. The Morgan fingerprint density at radius 1 is 1.29 bits per heavy atom. The summed E-state index contributed by atoms with van der Waals surface area (Å²) >= 11 is 9.40.